The van der Waals surface area contributed by atoms with Crippen molar-refractivity contribution in [3.8, 4) is 11.3 Å². The largest absolute Gasteiger partial charge is 0.265 e. The van der Waals surface area contributed by atoms with Gasteiger partial charge in [0.25, 0.3) is 0 Å². The summed E-state index contributed by atoms with van der Waals surface area (Å²) in [4.78, 5) is 4.11. The number of hydrogen-bond donors (Lipinski definition) is 0. The molecular weight excluding hydrogens is 346 g/mol. The first-order valence-electron chi connectivity index (χ1n) is 10.3. The average Bonchev–Trinajstić information content (AvgIpc) is 3.48. The Bertz CT molecular complexity index is 1090. The third-order valence-corrected chi connectivity index (χ3v) is 5.88. The minimum absolute atomic E-state index is 0.541. The van der Waals surface area contributed by atoms with Crippen molar-refractivity contribution in [3.05, 3.63) is 66.2 Å². The third-order valence-electron chi connectivity index (χ3n) is 5.88. The molecule has 0 amide bonds. The molecule has 3 aromatic heterocycles. The standard InChI is InChI=1S/C23H25N5/c1-2-21-20-8-7-18(15-23(20)28(26-21)19-5-3-4-6-19)22-11-14-25-27(22)16-17-9-12-24-13-10-17/h7-15,19H,2-6,16H2,1H3. The number of aryl methyl sites for hydroxylation is 1. The average molecular weight is 371 g/mol. The number of hydrogen-bond acceptors (Lipinski definition) is 3. The van der Waals surface area contributed by atoms with Crippen LogP contribution in [0.25, 0.3) is 22.2 Å². The molecule has 1 fully saturated rings. The topological polar surface area (TPSA) is 48.5 Å². The summed E-state index contributed by atoms with van der Waals surface area (Å²) in [7, 11) is 0. The maximum absolute atomic E-state index is 4.99. The summed E-state index contributed by atoms with van der Waals surface area (Å²) < 4.78 is 4.36. The van der Waals surface area contributed by atoms with E-state index < -0.39 is 0 Å². The summed E-state index contributed by atoms with van der Waals surface area (Å²) in [5.41, 5.74) is 6.00. The number of fused-ring (bicyclic) bond motifs is 1. The van der Waals surface area contributed by atoms with Crippen LogP contribution in [-0.4, -0.2) is 24.5 Å². The van der Waals surface area contributed by atoms with Crippen molar-refractivity contribution in [3.63, 3.8) is 0 Å². The van der Waals surface area contributed by atoms with Crippen LogP contribution >= 0.6 is 0 Å². The predicted octanol–water partition coefficient (Wildman–Crippen LogP) is 5.02. The molecule has 0 N–H and O–H groups in total. The highest BCUT2D eigenvalue weighted by molar-refractivity contribution is 5.86. The second kappa shape index (κ2) is 7.23. The van der Waals surface area contributed by atoms with E-state index in [4.69, 9.17) is 5.10 Å². The van der Waals surface area contributed by atoms with Gasteiger partial charge < -0.3 is 0 Å². The molecule has 0 aliphatic heterocycles. The maximum Gasteiger partial charge on any atom is 0.0700 e. The predicted molar refractivity (Wildman–Crippen MR) is 111 cm³/mol. The van der Waals surface area contributed by atoms with Gasteiger partial charge in [-0.25, -0.2) is 0 Å². The van der Waals surface area contributed by atoms with Crippen LogP contribution < -0.4 is 0 Å². The summed E-state index contributed by atoms with van der Waals surface area (Å²) in [5, 5.41) is 10.8. The van der Waals surface area contributed by atoms with E-state index >= 15 is 0 Å². The van der Waals surface area contributed by atoms with E-state index in [-0.39, 0.29) is 0 Å². The van der Waals surface area contributed by atoms with Gasteiger partial charge in [0.1, 0.15) is 0 Å². The molecule has 5 heteroatoms. The number of rotatable bonds is 5. The van der Waals surface area contributed by atoms with Gasteiger partial charge in [-0.2, -0.15) is 10.2 Å². The van der Waals surface area contributed by atoms with E-state index in [1.807, 2.05) is 30.7 Å². The number of pyridine rings is 1. The van der Waals surface area contributed by atoms with Crippen LogP contribution in [0.15, 0.2) is 55.0 Å². The number of aromatic nitrogens is 5. The van der Waals surface area contributed by atoms with E-state index in [2.05, 4.69) is 50.6 Å². The van der Waals surface area contributed by atoms with Crippen LogP contribution in [0, 0.1) is 0 Å². The lowest BCUT2D eigenvalue weighted by molar-refractivity contribution is 0.478. The van der Waals surface area contributed by atoms with Crippen molar-refractivity contribution in [2.45, 2.75) is 51.6 Å². The summed E-state index contributed by atoms with van der Waals surface area (Å²) >= 11 is 0. The molecule has 4 aromatic rings. The highest BCUT2D eigenvalue weighted by Gasteiger charge is 2.21. The van der Waals surface area contributed by atoms with Gasteiger partial charge in [0.15, 0.2) is 0 Å². The third kappa shape index (κ3) is 3.01. The van der Waals surface area contributed by atoms with Crippen molar-refractivity contribution < 1.29 is 0 Å². The normalized spacial score (nSPS) is 14.9. The Kier molecular flexibility index (Phi) is 4.43. The van der Waals surface area contributed by atoms with Gasteiger partial charge in [0, 0.05) is 29.5 Å². The molecule has 5 nitrogen and oxygen atoms in total. The van der Waals surface area contributed by atoms with Crippen LogP contribution in [0.3, 0.4) is 0 Å². The zero-order valence-corrected chi connectivity index (χ0v) is 16.3. The Morgan fingerprint density at radius 2 is 1.82 bits per heavy atom. The zero-order valence-electron chi connectivity index (χ0n) is 16.3. The lowest BCUT2D eigenvalue weighted by Gasteiger charge is -2.12. The molecule has 1 saturated carbocycles. The molecule has 0 unspecified atom stereocenters. The second-order valence-electron chi connectivity index (χ2n) is 7.64. The van der Waals surface area contributed by atoms with Gasteiger partial charge in [-0.3, -0.25) is 14.3 Å². The molecule has 28 heavy (non-hydrogen) atoms. The van der Waals surface area contributed by atoms with Gasteiger partial charge >= 0.3 is 0 Å². The van der Waals surface area contributed by atoms with Crippen LogP contribution in [0.1, 0.15) is 49.9 Å². The van der Waals surface area contributed by atoms with Gasteiger partial charge in [-0.15, -0.1) is 0 Å². The molecule has 1 aliphatic carbocycles. The summed E-state index contributed by atoms with van der Waals surface area (Å²) in [6.07, 6.45) is 11.6. The Balaban J connectivity index is 1.57. The van der Waals surface area contributed by atoms with E-state index in [1.165, 1.54) is 53.4 Å². The second-order valence-corrected chi connectivity index (χ2v) is 7.64. The van der Waals surface area contributed by atoms with Crippen LogP contribution in [0.5, 0.6) is 0 Å². The molecule has 0 bridgehead atoms. The number of nitrogens with zero attached hydrogens (tertiary/aromatic N) is 5. The summed E-state index contributed by atoms with van der Waals surface area (Å²) in [6, 6.07) is 13.5. The van der Waals surface area contributed by atoms with Crippen LogP contribution in [0.4, 0.5) is 0 Å². The fourth-order valence-electron chi connectivity index (χ4n) is 4.42. The Morgan fingerprint density at radius 3 is 2.61 bits per heavy atom. The van der Waals surface area contributed by atoms with Gasteiger partial charge in [0.2, 0.25) is 0 Å². The quantitative estimate of drug-likeness (QED) is 0.495. The Labute approximate surface area is 165 Å². The highest BCUT2D eigenvalue weighted by atomic mass is 15.3. The van der Waals surface area contributed by atoms with Gasteiger partial charge in [0.05, 0.1) is 29.5 Å². The molecule has 0 atom stereocenters. The molecule has 0 saturated heterocycles. The molecule has 142 valence electrons. The van der Waals surface area contributed by atoms with Crippen molar-refractivity contribution in [1.82, 2.24) is 24.5 Å². The first-order valence-corrected chi connectivity index (χ1v) is 10.3. The van der Waals surface area contributed by atoms with E-state index in [0.717, 1.165) is 18.7 Å². The molecule has 5 rings (SSSR count). The molecule has 1 aromatic carbocycles. The van der Waals surface area contributed by atoms with Gasteiger partial charge in [-0.1, -0.05) is 31.9 Å². The SMILES string of the molecule is CCc1nn(C2CCCC2)c2cc(-c3ccnn3Cc3ccncc3)ccc12. The Hall–Kier alpha value is -2.95. The van der Waals surface area contributed by atoms with E-state index in [1.54, 1.807) is 0 Å². The zero-order chi connectivity index (χ0) is 18.9. The van der Waals surface area contributed by atoms with Crippen molar-refractivity contribution >= 4 is 10.9 Å². The summed E-state index contributed by atoms with van der Waals surface area (Å²) in [6.45, 7) is 2.93. The molecule has 3 heterocycles. The fraction of sp³-hybridized carbons (Fsp3) is 0.348. The van der Waals surface area contributed by atoms with Gasteiger partial charge in [-0.05, 0) is 49.1 Å². The fourth-order valence-corrected chi connectivity index (χ4v) is 4.42. The molecule has 1 aliphatic rings. The lowest BCUT2D eigenvalue weighted by atomic mass is 10.1. The van der Waals surface area contributed by atoms with Crippen molar-refractivity contribution in [1.29, 1.82) is 0 Å². The smallest absolute Gasteiger partial charge is 0.0700 e. The van der Waals surface area contributed by atoms with E-state index in [9.17, 15) is 0 Å². The lowest BCUT2D eigenvalue weighted by Crippen LogP contribution is -2.07. The first-order chi connectivity index (χ1) is 13.8. The van der Waals surface area contributed by atoms with Crippen molar-refractivity contribution in [2.75, 3.05) is 0 Å². The maximum atomic E-state index is 4.99. The van der Waals surface area contributed by atoms with E-state index in [0.29, 0.717) is 6.04 Å². The monoisotopic (exact) mass is 371 g/mol. The van der Waals surface area contributed by atoms with Crippen LogP contribution in [-0.2, 0) is 13.0 Å². The minimum Gasteiger partial charge on any atom is -0.265 e. The van der Waals surface area contributed by atoms with Crippen LogP contribution in [0.2, 0.25) is 0 Å². The minimum atomic E-state index is 0.541. The first kappa shape index (κ1) is 17.2. The molecule has 0 spiro atoms. The number of benzene rings is 1. The Morgan fingerprint density at radius 1 is 1.00 bits per heavy atom. The van der Waals surface area contributed by atoms with Crippen molar-refractivity contribution in [2.24, 2.45) is 0 Å². The highest BCUT2D eigenvalue weighted by Crippen LogP contribution is 2.34. The molecular formula is C23H25N5. The summed E-state index contributed by atoms with van der Waals surface area (Å²) in [5.74, 6) is 0. The molecule has 0 radical (unpaired) electrons.